The number of benzene rings is 2. The molecule has 2 aromatic heterocycles. The standard InChI is InChI=1S/C24H18ClN3O3S/c25-21-11-10-19(14-20(21)22-5-1-2-13-27-22)28-24(29)17-8-6-16(7-9-17)23(32(30)31)18-4-3-12-26-15-18/h1-15,23,32H,(H,28,29). The third-order valence-corrected chi connectivity index (χ3v) is 6.21. The number of carbonyl (C=O) groups is 1. The van der Waals surface area contributed by atoms with Crippen LogP contribution in [0, 0.1) is 0 Å². The van der Waals surface area contributed by atoms with Crippen molar-refractivity contribution in [1.29, 1.82) is 0 Å². The largest absolute Gasteiger partial charge is 0.322 e. The number of hydrogen-bond donors (Lipinski definition) is 2. The molecule has 2 aromatic carbocycles. The Kier molecular flexibility index (Phi) is 6.58. The molecular formula is C24H18ClN3O3S. The van der Waals surface area contributed by atoms with Gasteiger partial charge in [0.15, 0.2) is 10.7 Å². The molecule has 8 heteroatoms. The highest BCUT2D eigenvalue weighted by atomic mass is 35.5. The molecule has 0 aliphatic heterocycles. The SMILES string of the molecule is O=C(Nc1ccc(Cl)c(-c2ccccn2)c1)c1ccc(C(c2cccnc2)[SH](=O)=O)cc1. The van der Waals surface area contributed by atoms with E-state index in [1.54, 1.807) is 67.0 Å². The van der Waals surface area contributed by atoms with Crippen LogP contribution in [0.1, 0.15) is 26.7 Å². The molecule has 0 aliphatic carbocycles. The van der Waals surface area contributed by atoms with Crippen LogP contribution in [0.5, 0.6) is 0 Å². The van der Waals surface area contributed by atoms with Gasteiger partial charge in [0, 0.05) is 35.4 Å². The van der Waals surface area contributed by atoms with Gasteiger partial charge in [-0.2, -0.15) is 0 Å². The maximum atomic E-state index is 12.7. The van der Waals surface area contributed by atoms with E-state index in [0.717, 1.165) is 0 Å². The fourth-order valence-corrected chi connectivity index (χ4v) is 4.34. The van der Waals surface area contributed by atoms with Crippen molar-refractivity contribution in [3.05, 3.63) is 113 Å². The molecule has 2 heterocycles. The van der Waals surface area contributed by atoms with Crippen LogP contribution in [0.2, 0.25) is 5.02 Å². The fourth-order valence-electron chi connectivity index (χ4n) is 3.32. The molecule has 1 amide bonds. The summed E-state index contributed by atoms with van der Waals surface area (Å²) in [5, 5.41) is 2.55. The van der Waals surface area contributed by atoms with Crippen LogP contribution in [0.15, 0.2) is 91.4 Å². The van der Waals surface area contributed by atoms with Crippen LogP contribution >= 0.6 is 11.6 Å². The normalized spacial score (nSPS) is 11.8. The zero-order chi connectivity index (χ0) is 22.5. The van der Waals surface area contributed by atoms with E-state index in [1.807, 2.05) is 18.2 Å². The quantitative estimate of drug-likeness (QED) is 0.403. The molecule has 0 saturated heterocycles. The Morgan fingerprint density at radius 1 is 0.906 bits per heavy atom. The molecular weight excluding hydrogens is 446 g/mol. The van der Waals surface area contributed by atoms with Gasteiger partial charge in [0.05, 0.1) is 10.7 Å². The summed E-state index contributed by atoms with van der Waals surface area (Å²) in [6.07, 6.45) is 4.78. The molecule has 32 heavy (non-hydrogen) atoms. The average molecular weight is 464 g/mol. The number of halogens is 1. The highest BCUT2D eigenvalue weighted by Crippen LogP contribution is 2.30. The van der Waals surface area contributed by atoms with E-state index < -0.39 is 16.0 Å². The number of pyridine rings is 2. The molecule has 0 spiro atoms. The molecule has 0 radical (unpaired) electrons. The first-order valence-corrected chi connectivity index (χ1v) is 11.3. The smallest absolute Gasteiger partial charge is 0.255 e. The Morgan fingerprint density at radius 2 is 1.72 bits per heavy atom. The van der Waals surface area contributed by atoms with Gasteiger partial charge in [-0.15, -0.1) is 0 Å². The zero-order valence-electron chi connectivity index (χ0n) is 16.7. The van der Waals surface area contributed by atoms with Gasteiger partial charge < -0.3 is 5.32 Å². The van der Waals surface area contributed by atoms with E-state index in [9.17, 15) is 13.2 Å². The lowest BCUT2D eigenvalue weighted by Crippen LogP contribution is -2.12. The lowest BCUT2D eigenvalue weighted by Gasteiger charge is -2.12. The summed E-state index contributed by atoms with van der Waals surface area (Å²) >= 11 is 6.30. The molecule has 4 rings (SSSR count). The highest BCUT2D eigenvalue weighted by molar-refractivity contribution is 7.73. The van der Waals surface area contributed by atoms with Gasteiger partial charge in [-0.25, -0.2) is 8.42 Å². The Balaban J connectivity index is 1.55. The minimum atomic E-state index is -2.77. The highest BCUT2D eigenvalue weighted by Gasteiger charge is 2.18. The number of nitrogens with one attached hydrogen (secondary N) is 1. The fraction of sp³-hybridized carbons (Fsp3) is 0.0417. The minimum Gasteiger partial charge on any atom is -0.322 e. The van der Waals surface area contributed by atoms with Gasteiger partial charge in [-0.1, -0.05) is 35.9 Å². The molecule has 1 atom stereocenters. The Hall–Kier alpha value is -3.55. The minimum absolute atomic E-state index is 0.324. The topological polar surface area (TPSA) is 89.0 Å². The molecule has 0 fully saturated rings. The van der Waals surface area contributed by atoms with Crippen LogP contribution < -0.4 is 5.32 Å². The van der Waals surface area contributed by atoms with Crippen LogP contribution in [-0.4, -0.2) is 24.3 Å². The molecule has 0 saturated carbocycles. The van der Waals surface area contributed by atoms with E-state index in [2.05, 4.69) is 15.3 Å². The van der Waals surface area contributed by atoms with Crippen molar-refractivity contribution in [1.82, 2.24) is 9.97 Å². The van der Waals surface area contributed by atoms with E-state index in [1.165, 1.54) is 6.20 Å². The molecule has 0 aliphatic rings. The number of thiol groups is 1. The number of nitrogens with zero attached hydrogens (tertiary/aromatic N) is 2. The number of rotatable bonds is 6. The predicted molar refractivity (Wildman–Crippen MR) is 125 cm³/mol. The van der Waals surface area contributed by atoms with Crippen molar-refractivity contribution >= 4 is 33.9 Å². The van der Waals surface area contributed by atoms with Gasteiger partial charge in [0.2, 0.25) is 0 Å². The summed E-state index contributed by atoms with van der Waals surface area (Å²) < 4.78 is 23.7. The predicted octanol–water partition coefficient (Wildman–Crippen LogP) is 4.75. The number of carbonyl (C=O) groups excluding carboxylic acids is 1. The summed E-state index contributed by atoms with van der Waals surface area (Å²) in [6.45, 7) is 0. The van der Waals surface area contributed by atoms with Crippen molar-refractivity contribution in [3.63, 3.8) is 0 Å². The van der Waals surface area contributed by atoms with Crippen molar-refractivity contribution in [2.75, 3.05) is 5.32 Å². The van der Waals surface area contributed by atoms with Crippen molar-refractivity contribution in [3.8, 4) is 11.3 Å². The Bertz CT molecular complexity index is 1300. The second-order valence-corrected chi connectivity index (χ2v) is 8.45. The summed E-state index contributed by atoms with van der Waals surface area (Å²) in [7, 11) is -2.77. The zero-order valence-corrected chi connectivity index (χ0v) is 18.3. The Morgan fingerprint density at radius 3 is 2.38 bits per heavy atom. The number of aromatic nitrogens is 2. The second-order valence-electron chi connectivity index (χ2n) is 6.96. The summed E-state index contributed by atoms with van der Waals surface area (Å²) in [5.41, 5.74) is 3.51. The molecule has 4 aromatic rings. The summed E-state index contributed by atoms with van der Waals surface area (Å²) in [4.78, 5) is 21.0. The van der Waals surface area contributed by atoms with Gasteiger partial charge in [0.1, 0.15) is 5.25 Å². The van der Waals surface area contributed by atoms with Crippen LogP contribution in [0.25, 0.3) is 11.3 Å². The first-order chi connectivity index (χ1) is 15.5. The number of amides is 1. The molecule has 1 N–H and O–H groups in total. The van der Waals surface area contributed by atoms with Gasteiger partial charge >= 0.3 is 0 Å². The van der Waals surface area contributed by atoms with Gasteiger partial charge in [0.25, 0.3) is 5.91 Å². The maximum absolute atomic E-state index is 12.7. The first kappa shape index (κ1) is 21.7. The van der Waals surface area contributed by atoms with E-state index in [0.29, 0.717) is 38.7 Å². The lowest BCUT2D eigenvalue weighted by atomic mass is 10.0. The summed E-state index contributed by atoms with van der Waals surface area (Å²) in [6, 6.07) is 20.6. The maximum Gasteiger partial charge on any atom is 0.255 e. The third-order valence-electron chi connectivity index (χ3n) is 4.86. The van der Waals surface area contributed by atoms with Gasteiger partial charge in [-0.05, 0) is 59.7 Å². The molecule has 1 unspecified atom stereocenters. The lowest BCUT2D eigenvalue weighted by molar-refractivity contribution is 0.102. The third kappa shape index (κ3) is 4.85. The van der Waals surface area contributed by atoms with E-state index in [4.69, 9.17) is 11.6 Å². The summed E-state index contributed by atoms with van der Waals surface area (Å²) in [5.74, 6) is -0.324. The van der Waals surface area contributed by atoms with Gasteiger partial charge in [-0.3, -0.25) is 14.8 Å². The van der Waals surface area contributed by atoms with E-state index >= 15 is 0 Å². The second kappa shape index (κ2) is 9.72. The molecule has 6 nitrogen and oxygen atoms in total. The monoisotopic (exact) mass is 463 g/mol. The molecule has 160 valence electrons. The number of hydrogen-bond acceptors (Lipinski definition) is 5. The average Bonchev–Trinajstić information content (AvgIpc) is 2.82. The van der Waals surface area contributed by atoms with E-state index in [-0.39, 0.29) is 5.91 Å². The van der Waals surface area contributed by atoms with Crippen molar-refractivity contribution in [2.45, 2.75) is 5.25 Å². The molecule has 0 bridgehead atoms. The van der Waals surface area contributed by atoms with Crippen LogP contribution in [-0.2, 0) is 10.7 Å². The van der Waals surface area contributed by atoms with Crippen molar-refractivity contribution < 1.29 is 13.2 Å². The van der Waals surface area contributed by atoms with Crippen molar-refractivity contribution in [2.24, 2.45) is 0 Å². The Labute approximate surface area is 191 Å². The number of anilines is 1. The van der Waals surface area contributed by atoms with Crippen LogP contribution in [0.3, 0.4) is 0 Å². The van der Waals surface area contributed by atoms with Crippen LogP contribution in [0.4, 0.5) is 5.69 Å². The first-order valence-electron chi connectivity index (χ1n) is 9.68.